The molecule has 4 aromatic rings. The molecule has 4 fully saturated rings. The number of nitrogens with zero attached hydrogens (tertiary/aromatic N) is 6. The molecular formula is C29H32F2N8O. The molecule has 4 saturated heterocycles. The Labute approximate surface area is 230 Å². The van der Waals surface area contributed by atoms with Crippen LogP contribution in [0.2, 0.25) is 0 Å². The molecule has 40 heavy (non-hydrogen) atoms. The van der Waals surface area contributed by atoms with Crippen LogP contribution in [0, 0.1) is 12.7 Å². The second-order valence-corrected chi connectivity index (χ2v) is 12.1. The van der Waals surface area contributed by atoms with Crippen molar-refractivity contribution >= 4 is 27.6 Å². The summed E-state index contributed by atoms with van der Waals surface area (Å²) in [5.41, 5.74) is 2.51. The highest BCUT2D eigenvalue weighted by atomic mass is 19.1. The zero-order valence-corrected chi connectivity index (χ0v) is 22.5. The minimum atomic E-state index is -0.853. The van der Waals surface area contributed by atoms with Gasteiger partial charge in [-0.1, -0.05) is 0 Å². The maximum atomic E-state index is 16.5. The van der Waals surface area contributed by atoms with Gasteiger partial charge >= 0.3 is 6.01 Å². The van der Waals surface area contributed by atoms with E-state index in [1.165, 1.54) is 0 Å². The Kier molecular flexibility index (Phi) is 5.50. The number of hydrogen-bond acceptors (Lipinski definition) is 8. The first-order valence-electron chi connectivity index (χ1n) is 14.3. The van der Waals surface area contributed by atoms with E-state index in [2.05, 4.69) is 35.3 Å². The van der Waals surface area contributed by atoms with E-state index in [9.17, 15) is 4.39 Å². The third-order valence-electron chi connectivity index (χ3n) is 9.35. The molecule has 1 aromatic carbocycles. The van der Waals surface area contributed by atoms with Gasteiger partial charge in [-0.15, -0.1) is 0 Å². The average Bonchev–Trinajstić information content (AvgIpc) is 3.70. The maximum Gasteiger partial charge on any atom is 0.319 e. The number of rotatable bonds is 5. The summed E-state index contributed by atoms with van der Waals surface area (Å²) in [5, 5.41) is 12.1. The monoisotopic (exact) mass is 546 g/mol. The lowest BCUT2D eigenvalue weighted by Gasteiger charge is -2.34. The van der Waals surface area contributed by atoms with E-state index in [1.807, 2.05) is 19.1 Å². The molecule has 8 rings (SSSR count). The molecule has 2 N–H and O–H groups in total. The molecule has 4 aliphatic rings. The normalized spacial score (nSPS) is 28.2. The van der Waals surface area contributed by atoms with Gasteiger partial charge in [-0.2, -0.15) is 15.1 Å². The van der Waals surface area contributed by atoms with Crippen molar-refractivity contribution < 1.29 is 13.5 Å². The van der Waals surface area contributed by atoms with Crippen molar-refractivity contribution in [3.8, 4) is 17.3 Å². The van der Waals surface area contributed by atoms with Crippen LogP contribution in [-0.2, 0) is 0 Å². The van der Waals surface area contributed by atoms with Crippen molar-refractivity contribution in [2.45, 2.75) is 62.8 Å². The number of hydrogen-bond donors (Lipinski definition) is 2. The zero-order valence-electron chi connectivity index (χ0n) is 22.5. The second kappa shape index (κ2) is 9.04. The zero-order chi connectivity index (χ0) is 27.0. The third kappa shape index (κ3) is 3.85. The predicted octanol–water partition coefficient (Wildman–Crippen LogP) is 3.91. The molecule has 2 unspecified atom stereocenters. The van der Waals surface area contributed by atoms with Crippen LogP contribution >= 0.6 is 0 Å². The minimum absolute atomic E-state index is 0.130. The lowest BCUT2D eigenvalue weighted by atomic mass is 9.95. The van der Waals surface area contributed by atoms with E-state index in [0.29, 0.717) is 41.8 Å². The first kappa shape index (κ1) is 24.4. The molecule has 4 aliphatic heterocycles. The van der Waals surface area contributed by atoms with Gasteiger partial charge in [0.1, 0.15) is 29.8 Å². The van der Waals surface area contributed by atoms with Gasteiger partial charge in [0, 0.05) is 55.3 Å². The van der Waals surface area contributed by atoms with E-state index < -0.39 is 12.0 Å². The summed E-state index contributed by atoms with van der Waals surface area (Å²) in [6.45, 7) is 5.13. The summed E-state index contributed by atoms with van der Waals surface area (Å²) in [6.07, 6.45) is 7.10. The van der Waals surface area contributed by atoms with Gasteiger partial charge < -0.3 is 15.0 Å². The van der Waals surface area contributed by atoms with Crippen LogP contribution in [0.1, 0.15) is 37.7 Å². The first-order chi connectivity index (χ1) is 19.5. The molecule has 0 aliphatic carbocycles. The minimum Gasteiger partial charge on any atom is -0.461 e. The molecule has 0 saturated carbocycles. The Balaban J connectivity index is 1.24. The molecule has 0 spiro atoms. The number of benzene rings is 1. The van der Waals surface area contributed by atoms with Crippen LogP contribution in [0.15, 0.2) is 24.5 Å². The van der Waals surface area contributed by atoms with Gasteiger partial charge in [-0.05, 0) is 56.8 Å². The summed E-state index contributed by atoms with van der Waals surface area (Å²) >= 11 is 0. The molecule has 0 radical (unpaired) electrons. The molecule has 3 aromatic heterocycles. The Morgan fingerprint density at radius 3 is 2.80 bits per heavy atom. The van der Waals surface area contributed by atoms with Crippen LogP contribution < -0.4 is 15.0 Å². The molecule has 0 amide bonds. The fourth-order valence-corrected chi connectivity index (χ4v) is 7.52. The fourth-order valence-electron chi connectivity index (χ4n) is 7.52. The smallest absolute Gasteiger partial charge is 0.319 e. The number of aryl methyl sites for hydroxylation is 1. The van der Waals surface area contributed by atoms with E-state index in [-0.39, 0.29) is 29.4 Å². The number of nitrogens with one attached hydrogen (secondary N) is 2. The summed E-state index contributed by atoms with van der Waals surface area (Å²) < 4.78 is 37.1. The molecular weight excluding hydrogens is 514 g/mol. The Morgan fingerprint density at radius 2 is 1.95 bits per heavy atom. The highest BCUT2D eigenvalue weighted by Crippen LogP contribution is 2.41. The summed E-state index contributed by atoms with van der Waals surface area (Å²) in [7, 11) is 0. The number of pyridine rings is 1. The molecule has 7 heterocycles. The van der Waals surface area contributed by atoms with Crippen molar-refractivity contribution in [1.29, 1.82) is 0 Å². The van der Waals surface area contributed by atoms with Gasteiger partial charge in [0.15, 0.2) is 5.82 Å². The van der Waals surface area contributed by atoms with Gasteiger partial charge in [-0.3, -0.25) is 15.0 Å². The second-order valence-electron chi connectivity index (χ2n) is 12.1. The third-order valence-corrected chi connectivity index (χ3v) is 9.35. The first-order valence-corrected chi connectivity index (χ1v) is 14.3. The van der Waals surface area contributed by atoms with Crippen LogP contribution in [0.5, 0.6) is 6.01 Å². The van der Waals surface area contributed by atoms with Crippen LogP contribution in [0.4, 0.5) is 14.6 Å². The average molecular weight is 547 g/mol. The molecule has 11 heteroatoms. The molecule has 9 nitrogen and oxygen atoms in total. The van der Waals surface area contributed by atoms with E-state index in [1.54, 1.807) is 12.4 Å². The molecule has 208 valence electrons. The topological polar surface area (TPSA) is 95.1 Å². The quantitative estimate of drug-likeness (QED) is 0.389. The van der Waals surface area contributed by atoms with E-state index in [4.69, 9.17) is 9.72 Å². The van der Waals surface area contributed by atoms with Gasteiger partial charge in [0.2, 0.25) is 0 Å². The summed E-state index contributed by atoms with van der Waals surface area (Å²) in [5.74, 6) is 0.132. The number of fused-ring (bicyclic) bond motifs is 5. The summed E-state index contributed by atoms with van der Waals surface area (Å²) in [6, 6.07) is 4.78. The van der Waals surface area contributed by atoms with Crippen molar-refractivity contribution in [1.82, 2.24) is 35.4 Å². The number of piperazine rings is 1. The number of anilines is 1. The van der Waals surface area contributed by atoms with Gasteiger partial charge in [0.25, 0.3) is 0 Å². The van der Waals surface area contributed by atoms with Gasteiger partial charge in [-0.25, -0.2) is 8.78 Å². The lowest BCUT2D eigenvalue weighted by Crippen LogP contribution is -2.51. The predicted molar refractivity (Wildman–Crippen MR) is 148 cm³/mol. The Morgan fingerprint density at radius 1 is 1.10 bits per heavy atom. The number of H-pyrrole nitrogens is 1. The van der Waals surface area contributed by atoms with Crippen LogP contribution in [-0.4, -0.2) is 86.6 Å². The van der Waals surface area contributed by atoms with Crippen molar-refractivity contribution in [2.24, 2.45) is 0 Å². The van der Waals surface area contributed by atoms with Gasteiger partial charge in [0.05, 0.1) is 22.6 Å². The van der Waals surface area contributed by atoms with Crippen LogP contribution in [0.25, 0.3) is 33.1 Å². The Hall–Kier alpha value is -3.44. The van der Waals surface area contributed by atoms with Crippen molar-refractivity contribution in [3.63, 3.8) is 0 Å². The Bertz CT molecular complexity index is 1610. The standard InChI is InChI=1S/C29H32F2N8O/c1-16-7-20(21-11-33-37-23(21)8-16)25-24(31)26-22(10-32-25)27(38-13-18-3-4-19(14-38)34-18)36-28(35-26)40-15-29-5-2-6-39(29)12-17(30)9-29/h7-8,10-11,17-19,34H,2-6,9,12-15H2,1H3,(H,33,37)/t17?,18-,19+,29?. The number of halogens is 2. The van der Waals surface area contributed by atoms with E-state index in [0.717, 1.165) is 61.8 Å². The molecule has 2 bridgehead atoms. The number of aromatic amines is 1. The largest absolute Gasteiger partial charge is 0.461 e. The molecule has 4 atom stereocenters. The number of ether oxygens (including phenoxy) is 1. The van der Waals surface area contributed by atoms with E-state index >= 15 is 4.39 Å². The van der Waals surface area contributed by atoms with Crippen LogP contribution in [0.3, 0.4) is 0 Å². The highest BCUT2D eigenvalue weighted by Gasteiger charge is 2.49. The fraction of sp³-hybridized carbons (Fsp3) is 0.517. The number of alkyl halides is 1. The highest BCUT2D eigenvalue weighted by molar-refractivity contribution is 5.98. The van der Waals surface area contributed by atoms with Crippen molar-refractivity contribution in [3.05, 3.63) is 35.9 Å². The SMILES string of the molecule is Cc1cc(-c2ncc3c(N4C[C@H]5CC[C@@H](C4)N5)nc(OCC45CCCN4CC(F)C5)nc3c2F)c2cn[nH]c2c1. The van der Waals surface area contributed by atoms with Crippen molar-refractivity contribution in [2.75, 3.05) is 37.7 Å². The number of aromatic nitrogens is 5. The maximum absolute atomic E-state index is 16.5. The lowest BCUT2D eigenvalue weighted by molar-refractivity contribution is 0.107. The summed E-state index contributed by atoms with van der Waals surface area (Å²) in [4.78, 5) is 18.5.